The molecule has 0 N–H and O–H groups in total. The van der Waals surface area contributed by atoms with E-state index in [2.05, 4.69) is 0 Å². The lowest BCUT2D eigenvalue weighted by Crippen LogP contribution is -2.13. The minimum absolute atomic E-state index is 0.193. The van der Waals surface area contributed by atoms with Gasteiger partial charge in [0.25, 0.3) is 0 Å². The van der Waals surface area contributed by atoms with Gasteiger partial charge in [0.1, 0.15) is 6.29 Å². The summed E-state index contributed by atoms with van der Waals surface area (Å²) < 4.78 is 6.68. The van der Waals surface area contributed by atoms with Crippen LogP contribution in [-0.2, 0) is 4.79 Å². The zero-order valence-electron chi connectivity index (χ0n) is 4.85. The molecule has 0 aromatic rings. The molecule has 0 aliphatic rings. The van der Waals surface area contributed by atoms with Crippen molar-refractivity contribution in [2.24, 2.45) is 0 Å². The smallest absolute Gasteiger partial charge is 0.133 e. The van der Waals surface area contributed by atoms with E-state index in [9.17, 15) is 4.79 Å². The van der Waals surface area contributed by atoms with Crippen LogP contribution in [0.5, 0.6) is 0 Å². The average molecular weight is 91.1 g/mol. The molecule has 0 rings (SSSR count). The van der Waals surface area contributed by atoms with Crippen molar-refractivity contribution >= 4 is 6.29 Å². The van der Waals surface area contributed by atoms with Crippen molar-refractivity contribution in [2.45, 2.75) is 0 Å². The molecule has 36 valence electrons. The first-order chi connectivity index (χ1) is 3.31. The molecule has 0 aromatic heterocycles. The third-order valence-corrected chi connectivity index (χ3v) is 0.386. The SMILES string of the molecule is [2H]CN(C)C[13CH]=[18O]. The predicted molar refractivity (Wildman–Crippen MR) is 24.6 cm³/mol. The molecule has 2 nitrogen and oxygen atoms in total. The van der Waals surface area contributed by atoms with Crippen molar-refractivity contribution in [1.82, 2.24) is 4.90 Å². The van der Waals surface area contributed by atoms with E-state index >= 15 is 0 Å². The molecule has 0 atom stereocenters. The maximum atomic E-state index is 9.65. The second-order valence-corrected chi connectivity index (χ2v) is 1.21. The summed E-state index contributed by atoms with van der Waals surface area (Å²) in [4.78, 5) is 11.3. The minimum Gasteiger partial charge on any atom is -0.303 e. The third-order valence-electron chi connectivity index (χ3n) is 0.386. The van der Waals surface area contributed by atoms with Crippen molar-refractivity contribution in [3.05, 3.63) is 0 Å². The Morgan fingerprint density at radius 2 is 2.83 bits per heavy atom. The molecule has 0 saturated carbocycles. The van der Waals surface area contributed by atoms with Gasteiger partial charge in [0.15, 0.2) is 0 Å². The molecule has 0 radical (unpaired) electrons. The number of hydrogen-bond acceptors (Lipinski definition) is 2. The van der Waals surface area contributed by atoms with E-state index in [-0.39, 0.29) is 7.02 Å². The summed E-state index contributed by atoms with van der Waals surface area (Å²) in [5, 5.41) is 0. The van der Waals surface area contributed by atoms with Gasteiger partial charge in [0, 0.05) is 1.37 Å². The quantitative estimate of drug-likeness (QED) is 0.265. The van der Waals surface area contributed by atoms with Crippen LogP contribution in [0, 0.1) is 0 Å². The largest absolute Gasteiger partial charge is 0.303 e. The highest BCUT2D eigenvalue weighted by Crippen LogP contribution is 1.62. The molecule has 2 heteroatoms. The van der Waals surface area contributed by atoms with Crippen LogP contribution in [0.3, 0.4) is 0 Å². The van der Waals surface area contributed by atoms with Crippen molar-refractivity contribution in [3.8, 4) is 0 Å². The van der Waals surface area contributed by atoms with Gasteiger partial charge >= 0.3 is 0 Å². The molecule has 0 fully saturated rings. The summed E-state index contributed by atoms with van der Waals surface area (Å²) >= 11 is 0. The fourth-order valence-electron chi connectivity index (χ4n) is 0.127. The number of nitrogens with zero attached hydrogens (tertiary/aromatic N) is 1. The van der Waals surface area contributed by atoms with Crippen LogP contribution in [0.25, 0.3) is 0 Å². The highest BCUT2D eigenvalue weighted by Gasteiger charge is 1.79. The van der Waals surface area contributed by atoms with Crippen LogP contribution in [0.1, 0.15) is 1.37 Å². The second kappa shape index (κ2) is 2.85. The van der Waals surface area contributed by atoms with Crippen molar-refractivity contribution < 1.29 is 6.17 Å². The molecular formula is C4H9NO. The molecule has 0 bridgehead atoms. The van der Waals surface area contributed by atoms with Crippen molar-refractivity contribution in [3.63, 3.8) is 0 Å². The number of carbonyl (C=O) groups excluding carboxylic acids is 1. The van der Waals surface area contributed by atoms with Crippen molar-refractivity contribution in [1.29, 1.82) is 0 Å². The van der Waals surface area contributed by atoms with Crippen LogP contribution in [0.4, 0.5) is 0 Å². The predicted octanol–water partition coefficient (Wildman–Crippen LogP) is -0.253. The summed E-state index contributed by atoms with van der Waals surface area (Å²) in [5.41, 5.74) is 0. The Morgan fingerprint density at radius 1 is 2.17 bits per heavy atom. The van der Waals surface area contributed by atoms with Crippen LogP contribution >= 0.6 is 0 Å². The van der Waals surface area contributed by atoms with E-state index < -0.39 is 0 Å². The van der Waals surface area contributed by atoms with Gasteiger partial charge in [-0.3, -0.25) is 0 Å². The Morgan fingerprint density at radius 3 is 3.00 bits per heavy atom. The fraction of sp³-hybridized carbons (Fsp3) is 0.750. The van der Waals surface area contributed by atoms with Gasteiger partial charge < -0.3 is 9.69 Å². The van der Waals surface area contributed by atoms with Crippen LogP contribution < -0.4 is 0 Å². The third kappa shape index (κ3) is 3.63. The second-order valence-electron chi connectivity index (χ2n) is 1.21. The summed E-state index contributed by atoms with van der Waals surface area (Å²) in [6.07, 6.45) is 0.786. The Balaban J connectivity index is 2.98. The molecule has 0 spiro atoms. The molecule has 0 aromatic carbocycles. The van der Waals surface area contributed by atoms with E-state index in [4.69, 9.17) is 1.37 Å². The molecule has 0 aliphatic heterocycles. The van der Waals surface area contributed by atoms with Gasteiger partial charge in [0.05, 0.1) is 6.54 Å². The number of aldehydes is 1. The Hall–Kier alpha value is -0.370. The van der Waals surface area contributed by atoms with E-state index in [0.29, 0.717) is 6.54 Å². The average Bonchev–Trinajstić information content (AvgIpc) is 1.68. The summed E-state index contributed by atoms with van der Waals surface area (Å²) in [6.45, 7) is 0.365. The summed E-state index contributed by atoms with van der Waals surface area (Å²) in [5.74, 6) is 0. The maximum Gasteiger partial charge on any atom is 0.133 e. The molecule has 0 unspecified atom stereocenters. The van der Waals surface area contributed by atoms with Crippen LogP contribution in [-0.4, -0.2) is 31.8 Å². The molecule has 0 heterocycles. The maximum absolute atomic E-state index is 9.65. The van der Waals surface area contributed by atoms with Gasteiger partial charge in [-0.25, -0.2) is 0 Å². The number of rotatable bonds is 2. The van der Waals surface area contributed by atoms with E-state index in [0.717, 1.165) is 6.29 Å². The minimum atomic E-state index is 0.193. The zero-order valence-corrected chi connectivity index (χ0v) is 3.85. The molecule has 0 amide bonds. The van der Waals surface area contributed by atoms with Gasteiger partial charge in [-0.05, 0) is 14.1 Å². The highest BCUT2D eigenvalue weighted by molar-refractivity contribution is 5.51. The summed E-state index contributed by atoms with van der Waals surface area (Å²) in [6, 6.07) is 0. The Labute approximate surface area is 39.2 Å². The fourth-order valence-corrected chi connectivity index (χ4v) is 0.127. The Bertz CT molecular complexity index is 57.7. The highest BCUT2D eigenvalue weighted by atomic mass is 18.1. The normalized spacial score (nSPS) is 11.3. The van der Waals surface area contributed by atoms with E-state index in [1.54, 1.807) is 11.9 Å². The molecule has 6 heavy (non-hydrogen) atoms. The first-order valence-corrected chi connectivity index (χ1v) is 1.72. The van der Waals surface area contributed by atoms with Gasteiger partial charge in [-0.1, -0.05) is 0 Å². The number of carbonyl (C=O) groups is 1. The molecule has 0 aliphatic carbocycles. The van der Waals surface area contributed by atoms with Gasteiger partial charge in [-0.15, -0.1) is 0 Å². The van der Waals surface area contributed by atoms with Crippen molar-refractivity contribution in [2.75, 3.05) is 20.6 Å². The zero-order chi connectivity index (χ0) is 5.70. The standard InChI is InChI=1S/C4H9NO/c1-5(2)3-4-6/h4H,3H2,1-2H3/i1D,4+1,6+2. The lowest BCUT2D eigenvalue weighted by Gasteiger charge is -1.99. The van der Waals surface area contributed by atoms with E-state index in [1.807, 2.05) is 0 Å². The number of likely N-dealkylation sites (N-methyl/N-ethyl adjacent to an activating group) is 1. The van der Waals surface area contributed by atoms with E-state index in [1.165, 1.54) is 0 Å². The monoisotopic (exact) mass is 91.1 g/mol. The topological polar surface area (TPSA) is 20.3 Å². The first kappa shape index (κ1) is 3.81. The summed E-state index contributed by atoms with van der Waals surface area (Å²) in [7, 11) is 1.92. The molecular weight excluding hydrogens is 81.0 g/mol. The Kier molecular flexibility index (Phi) is 1.81. The van der Waals surface area contributed by atoms with Gasteiger partial charge in [0.2, 0.25) is 0 Å². The van der Waals surface area contributed by atoms with Gasteiger partial charge in [-0.2, -0.15) is 0 Å². The molecule has 0 saturated heterocycles. The first-order valence-electron chi connectivity index (χ1n) is 2.43. The lowest BCUT2D eigenvalue weighted by atomic mass is 10.8. The lowest BCUT2D eigenvalue weighted by molar-refractivity contribution is -0.108. The van der Waals surface area contributed by atoms with Crippen LogP contribution in [0.2, 0.25) is 0 Å². The van der Waals surface area contributed by atoms with Crippen LogP contribution in [0.15, 0.2) is 0 Å². The number of hydrogen-bond donors (Lipinski definition) is 0.